The van der Waals surface area contributed by atoms with Crippen molar-refractivity contribution >= 4 is 23.4 Å². The van der Waals surface area contributed by atoms with Crippen LogP contribution in [0.4, 0.5) is 0 Å². The molecule has 0 radical (unpaired) electrons. The number of hydrogen-bond acceptors (Lipinski definition) is 8. The van der Waals surface area contributed by atoms with Crippen LogP contribution in [-0.4, -0.2) is 43.0 Å². The van der Waals surface area contributed by atoms with Crippen molar-refractivity contribution in [3.05, 3.63) is 59.4 Å². The van der Waals surface area contributed by atoms with Crippen molar-refractivity contribution in [3.63, 3.8) is 0 Å². The van der Waals surface area contributed by atoms with Gasteiger partial charge in [-0.05, 0) is 69.3 Å². The van der Waals surface area contributed by atoms with Gasteiger partial charge in [0.1, 0.15) is 0 Å². The molecule has 5 rings (SSSR count). The van der Waals surface area contributed by atoms with Gasteiger partial charge >= 0.3 is 0 Å². The van der Waals surface area contributed by atoms with E-state index in [1.807, 2.05) is 24.3 Å². The second-order valence-corrected chi connectivity index (χ2v) is 9.07. The zero-order chi connectivity index (χ0) is 21.9. The number of benzene rings is 1. The van der Waals surface area contributed by atoms with Gasteiger partial charge in [0.25, 0.3) is 5.89 Å². The Bertz CT molecular complexity index is 1150. The number of aromatic nitrogens is 5. The Balaban J connectivity index is 1.41. The van der Waals surface area contributed by atoms with E-state index in [0.29, 0.717) is 28.3 Å². The average molecular weight is 471 g/mol. The summed E-state index contributed by atoms with van der Waals surface area (Å²) in [5.41, 5.74) is 0.975. The van der Waals surface area contributed by atoms with Crippen molar-refractivity contribution in [2.45, 2.75) is 43.1 Å². The molecule has 4 aromatic rings. The number of nitrogens with zero attached hydrogens (tertiary/aromatic N) is 6. The second-order valence-electron chi connectivity index (χ2n) is 7.69. The molecule has 166 valence electrons. The molecule has 1 aromatic carbocycles. The summed E-state index contributed by atoms with van der Waals surface area (Å²) in [5.74, 6) is 2.80. The highest BCUT2D eigenvalue weighted by atomic mass is 35.5. The Morgan fingerprint density at radius 1 is 1.03 bits per heavy atom. The van der Waals surface area contributed by atoms with E-state index in [-0.39, 0.29) is 6.04 Å². The van der Waals surface area contributed by atoms with Crippen LogP contribution < -0.4 is 0 Å². The predicted octanol–water partition coefficient (Wildman–Crippen LogP) is 5.40. The summed E-state index contributed by atoms with van der Waals surface area (Å²) in [7, 11) is 0. The summed E-state index contributed by atoms with van der Waals surface area (Å²) in [6, 6.07) is 11.5. The number of likely N-dealkylation sites (tertiary alicyclic amines) is 1. The minimum Gasteiger partial charge on any atom is -0.459 e. The van der Waals surface area contributed by atoms with Crippen molar-refractivity contribution in [1.29, 1.82) is 0 Å². The highest BCUT2D eigenvalue weighted by Gasteiger charge is 2.26. The monoisotopic (exact) mass is 470 g/mol. The maximum absolute atomic E-state index is 6.13. The Morgan fingerprint density at radius 2 is 1.84 bits per heavy atom. The molecule has 3 aromatic heterocycles. The zero-order valence-electron chi connectivity index (χ0n) is 17.6. The SMILES string of the molecule is C[C@H](c1nnc(SCc2nnc(-c3ccco3)o2)n1-c1ccc(Cl)cc1)N1CCCCC1. The fourth-order valence-electron chi connectivity index (χ4n) is 3.89. The largest absolute Gasteiger partial charge is 0.459 e. The molecule has 1 aliphatic heterocycles. The average Bonchev–Trinajstić information content (AvgIpc) is 3.59. The lowest BCUT2D eigenvalue weighted by atomic mass is 10.1. The maximum Gasteiger partial charge on any atom is 0.283 e. The second kappa shape index (κ2) is 9.48. The number of halogens is 1. The lowest BCUT2D eigenvalue weighted by molar-refractivity contribution is 0.167. The molecule has 0 aliphatic carbocycles. The first kappa shape index (κ1) is 21.2. The normalized spacial score (nSPS) is 15.8. The lowest BCUT2D eigenvalue weighted by Crippen LogP contribution is -2.33. The van der Waals surface area contributed by atoms with Crippen LogP contribution in [0.1, 0.15) is 43.9 Å². The molecule has 1 fully saturated rings. The Labute approximate surface area is 195 Å². The Morgan fingerprint density at radius 3 is 2.59 bits per heavy atom. The van der Waals surface area contributed by atoms with Gasteiger partial charge in [-0.3, -0.25) is 9.47 Å². The van der Waals surface area contributed by atoms with E-state index >= 15 is 0 Å². The smallest absolute Gasteiger partial charge is 0.283 e. The highest BCUT2D eigenvalue weighted by molar-refractivity contribution is 7.98. The van der Waals surface area contributed by atoms with Crippen molar-refractivity contribution in [3.8, 4) is 17.3 Å². The molecule has 10 heteroatoms. The van der Waals surface area contributed by atoms with Gasteiger partial charge in [-0.25, -0.2) is 0 Å². The summed E-state index contributed by atoms with van der Waals surface area (Å²) in [4.78, 5) is 2.47. The molecule has 1 saturated heterocycles. The topological polar surface area (TPSA) is 86.0 Å². The van der Waals surface area contributed by atoms with E-state index in [1.165, 1.54) is 31.0 Å². The van der Waals surface area contributed by atoms with Crippen LogP contribution in [0.5, 0.6) is 0 Å². The minimum absolute atomic E-state index is 0.154. The first-order valence-electron chi connectivity index (χ1n) is 10.6. The molecular formula is C22H23ClN6O2S. The Kier molecular flexibility index (Phi) is 6.29. The number of piperidine rings is 1. The third kappa shape index (κ3) is 4.46. The Hall–Kier alpha value is -2.62. The third-order valence-corrected chi connectivity index (χ3v) is 6.74. The van der Waals surface area contributed by atoms with Gasteiger partial charge in [-0.1, -0.05) is 29.8 Å². The standard InChI is InChI=1S/C22H23ClN6O2S/c1-15(28-11-3-2-4-12-28)20-25-27-22(29(20)17-9-7-16(23)8-10-17)32-14-19-24-26-21(31-19)18-6-5-13-30-18/h5-10,13,15H,2-4,11-12,14H2,1H3/t15-/m1/s1. The quantitative estimate of drug-likeness (QED) is 0.332. The fraction of sp³-hybridized carbons (Fsp3) is 0.364. The molecule has 32 heavy (non-hydrogen) atoms. The van der Waals surface area contributed by atoms with Crippen molar-refractivity contribution < 1.29 is 8.83 Å². The molecule has 0 saturated carbocycles. The molecule has 0 unspecified atom stereocenters. The first-order valence-corrected chi connectivity index (χ1v) is 12.0. The van der Waals surface area contributed by atoms with Crippen molar-refractivity contribution in [2.75, 3.05) is 13.1 Å². The van der Waals surface area contributed by atoms with E-state index in [0.717, 1.165) is 29.8 Å². The summed E-state index contributed by atoms with van der Waals surface area (Å²) < 4.78 is 13.2. The molecule has 1 atom stereocenters. The van der Waals surface area contributed by atoms with E-state index < -0.39 is 0 Å². The van der Waals surface area contributed by atoms with Gasteiger partial charge in [-0.15, -0.1) is 20.4 Å². The van der Waals surface area contributed by atoms with E-state index in [4.69, 9.17) is 20.4 Å². The van der Waals surface area contributed by atoms with E-state index in [9.17, 15) is 0 Å². The number of thioether (sulfide) groups is 1. The summed E-state index contributed by atoms with van der Waals surface area (Å²) in [6.07, 6.45) is 5.30. The van der Waals surface area contributed by atoms with E-state index in [1.54, 1.807) is 18.4 Å². The summed E-state index contributed by atoms with van der Waals surface area (Å²) >= 11 is 7.64. The van der Waals surface area contributed by atoms with Gasteiger partial charge < -0.3 is 8.83 Å². The molecule has 1 aliphatic rings. The fourth-order valence-corrected chi connectivity index (χ4v) is 4.81. The molecule has 4 heterocycles. The first-order chi connectivity index (χ1) is 15.7. The number of hydrogen-bond donors (Lipinski definition) is 0. The number of rotatable bonds is 7. The van der Waals surface area contributed by atoms with Crippen molar-refractivity contribution in [1.82, 2.24) is 29.9 Å². The van der Waals surface area contributed by atoms with Gasteiger partial charge in [0.05, 0.1) is 18.1 Å². The van der Waals surface area contributed by atoms with Gasteiger partial charge in [0, 0.05) is 10.7 Å². The molecule has 0 spiro atoms. The van der Waals surface area contributed by atoms with Crippen LogP contribution >= 0.6 is 23.4 Å². The van der Waals surface area contributed by atoms with Gasteiger partial charge in [0.15, 0.2) is 16.7 Å². The van der Waals surface area contributed by atoms with Crippen LogP contribution in [0.25, 0.3) is 17.3 Å². The van der Waals surface area contributed by atoms with Crippen LogP contribution in [0.2, 0.25) is 5.02 Å². The van der Waals surface area contributed by atoms with E-state index in [2.05, 4.69) is 36.8 Å². The van der Waals surface area contributed by atoms with Crippen LogP contribution in [0.15, 0.2) is 56.7 Å². The maximum atomic E-state index is 6.13. The highest BCUT2D eigenvalue weighted by Crippen LogP contribution is 2.31. The number of furan rings is 1. The van der Waals surface area contributed by atoms with Crippen LogP contribution in [0, 0.1) is 0 Å². The minimum atomic E-state index is 0.154. The van der Waals surface area contributed by atoms with Crippen LogP contribution in [0.3, 0.4) is 0 Å². The van der Waals surface area contributed by atoms with Crippen LogP contribution in [-0.2, 0) is 5.75 Å². The molecule has 0 N–H and O–H groups in total. The van der Waals surface area contributed by atoms with Gasteiger partial charge in [0.2, 0.25) is 5.89 Å². The molecule has 0 bridgehead atoms. The zero-order valence-corrected chi connectivity index (χ0v) is 19.2. The van der Waals surface area contributed by atoms with Crippen molar-refractivity contribution in [2.24, 2.45) is 0 Å². The molecular weight excluding hydrogens is 448 g/mol. The lowest BCUT2D eigenvalue weighted by Gasteiger charge is -2.31. The summed E-state index contributed by atoms with van der Waals surface area (Å²) in [5, 5.41) is 18.8. The molecule has 0 amide bonds. The van der Waals surface area contributed by atoms with Gasteiger partial charge in [-0.2, -0.15) is 0 Å². The third-order valence-electron chi connectivity index (χ3n) is 5.58. The predicted molar refractivity (Wildman–Crippen MR) is 122 cm³/mol. The molecule has 8 nitrogen and oxygen atoms in total. The summed E-state index contributed by atoms with van der Waals surface area (Å²) in [6.45, 7) is 4.35.